The fourth-order valence-corrected chi connectivity index (χ4v) is 3.71. The van der Waals surface area contributed by atoms with E-state index in [9.17, 15) is 0 Å². The van der Waals surface area contributed by atoms with Crippen LogP contribution in [0.5, 0.6) is 5.75 Å². The van der Waals surface area contributed by atoms with E-state index in [-0.39, 0.29) is 24.0 Å². The summed E-state index contributed by atoms with van der Waals surface area (Å²) in [7, 11) is 5.58. The van der Waals surface area contributed by atoms with Gasteiger partial charge < -0.3 is 29.7 Å². The lowest BCUT2D eigenvalue weighted by Gasteiger charge is -2.42. The highest BCUT2D eigenvalue weighted by molar-refractivity contribution is 14.0. The zero-order valence-corrected chi connectivity index (χ0v) is 22.7. The van der Waals surface area contributed by atoms with Crippen LogP contribution in [0.1, 0.15) is 38.2 Å². The minimum absolute atomic E-state index is 0. The van der Waals surface area contributed by atoms with Crippen LogP contribution in [-0.2, 0) is 16.0 Å². The molecule has 1 saturated carbocycles. The summed E-state index contributed by atoms with van der Waals surface area (Å²) in [5, 5.41) is 6.93. The van der Waals surface area contributed by atoms with E-state index in [1.165, 1.54) is 19.3 Å². The molecule has 2 rings (SSSR count). The number of methoxy groups -OCH3 is 2. The quantitative estimate of drug-likeness (QED) is 0.194. The lowest BCUT2D eigenvalue weighted by Crippen LogP contribution is -2.46. The van der Waals surface area contributed by atoms with Crippen molar-refractivity contribution in [2.75, 3.05) is 67.3 Å². The summed E-state index contributed by atoms with van der Waals surface area (Å²) in [6.45, 7) is 8.49. The zero-order valence-electron chi connectivity index (χ0n) is 20.3. The number of halogens is 1. The van der Waals surface area contributed by atoms with Crippen molar-refractivity contribution in [2.24, 2.45) is 10.4 Å². The summed E-state index contributed by atoms with van der Waals surface area (Å²) in [4.78, 5) is 7.00. The molecule has 1 aromatic carbocycles. The van der Waals surface area contributed by atoms with Crippen molar-refractivity contribution < 1.29 is 14.2 Å². The minimum atomic E-state index is 0. The highest BCUT2D eigenvalue weighted by Crippen LogP contribution is 2.43. The molecule has 0 radical (unpaired) electrons. The summed E-state index contributed by atoms with van der Waals surface area (Å²) in [6.07, 6.45) is 4.95. The van der Waals surface area contributed by atoms with Crippen LogP contribution in [0.4, 0.5) is 0 Å². The number of nitrogens with one attached hydrogen (secondary N) is 2. The first-order chi connectivity index (χ1) is 15.1. The fourth-order valence-electron chi connectivity index (χ4n) is 3.71. The molecular formula is C24H43IN4O3. The number of benzene rings is 1. The van der Waals surface area contributed by atoms with Gasteiger partial charge in [-0.15, -0.1) is 24.0 Å². The first-order valence-corrected chi connectivity index (χ1v) is 11.5. The molecule has 0 amide bonds. The van der Waals surface area contributed by atoms with Crippen molar-refractivity contribution in [3.63, 3.8) is 0 Å². The Bertz CT molecular complexity index is 656. The van der Waals surface area contributed by atoms with Crippen molar-refractivity contribution in [1.82, 2.24) is 15.5 Å². The van der Waals surface area contributed by atoms with Crippen molar-refractivity contribution in [3.05, 3.63) is 29.8 Å². The average molecular weight is 563 g/mol. The maximum absolute atomic E-state index is 5.93. The second kappa shape index (κ2) is 16.5. The second-order valence-electron chi connectivity index (χ2n) is 8.44. The molecule has 7 nitrogen and oxygen atoms in total. The molecule has 184 valence electrons. The standard InChI is InChI=1S/C24H42N4O3.HI/c1-5-25-23(27-20-24(10-7-11-24)12-15-29-3)26-19-21-8-6-9-22(18-21)31-17-14-28(2)13-16-30-4;/h6,8-9,18H,5,7,10-17,19-20H2,1-4H3,(H2,25,26,27);1H. The molecule has 1 fully saturated rings. The van der Waals surface area contributed by atoms with Gasteiger partial charge in [-0.2, -0.15) is 0 Å². The third kappa shape index (κ3) is 10.7. The maximum atomic E-state index is 5.93. The second-order valence-corrected chi connectivity index (χ2v) is 8.44. The topological polar surface area (TPSA) is 67.4 Å². The Balaban J connectivity index is 0.00000512. The van der Waals surface area contributed by atoms with Gasteiger partial charge in [0.1, 0.15) is 12.4 Å². The van der Waals surface area contributed by atoms with Crippen molar-refractivity contribution in [3.8, 4) is 5.75 Å². The van der Waals surface area contributed by atoms with Crippen LogP contribution >= 0.6 is 24.0 Å². The Morgan fingerprint density at radius 1 is 1.09 bits per heavy atom. The number of guanidine groups is 1. The molecule has 0 aliphatic heterocycles. The molecule has 0 atom stereocenters. The van der Waals surface area contributed by atoms with Crippen LogP contribution in [0, 0.1) is 5.41 Å². The van der Waals surface area contributed by atoms with E-state index in [4.69, 9.17) is 19.2 Å². The van der Waals surface area contributed by atoms with Crippen molar-refractivity contribution in [1.29, 1.82) is 0 Å². The molecule has 0 spiro atoms. The Morgan fingerprint density at radius 3 is 2.50 bits per heavy atom. The molecular weight excluding hydrogens is 519 g/mol. The van der Waals surface area contributed by atoms with Gasteiger partial charge >= 0.3 is 0 Å². The summed E-state index contributed by atoms with van der Waals surface area (Å²) < 4.78 is 16.3. The van der Waals surface area contributed by atoms with E-state index in [0.717, 1.165) is 63.1 Å². The molecule has 1 aliphatic carbocycles. The zero-order chi connectivity index (χ0) is 22.4. The number of hydrogen-bond donors (Lipinski definition) is 2. The normalized spacial score (nSPS) is 15.1. The third-order valence-corrected chi connectivity index (χ3v) is 5.96. The van der Waals surface area contributed by atoms with Gasteiger partial charge in [0.05, 0.1) is 13.2 Å². The number of rotatable bonds is 15. The number of nitrogens with zero attached hydrogens (tertiary/aromatic N) is 2. The lowest BCUT2D eigenvalue weighted by atomic mass is 9.67. The number of hydrogen-bond acceptors (Lipinski definition) is 5. The largest absolute Gasteiger partial charge is 0.492 e. The first-order valence-electron chi connectivity index (χ1n) is 11.5. The molecule has 0 heterocycles. The van der Waals surface area contributed by atoms with Gasteiger partial charge in [-0.3, -0.25) is 0 Å². The summed E-state index contributed by atoms with van der Waals surface area (Å²) in [5.41, 5.74) is 1.50. The molecule has 8 heteroatoms. The van der Waals surface area contributed by atoms with E-state index < -0.39 is 0 Å². The highest BCUT2D eigenvalue weighted by Gasteiger charge is 2.36. The Labute approximate surface area is 211 Å². The number of likely N-dealkylation sites (N-methyl/N-ethyl adjacent to an activating group) is 1. The van der Waals surface area contributed by atoms with Crippen LogP contribution in [0.25, 0.3) is 0 Å². The average Bonchev–Trinajstić information content (AvgIpc) is 2.75. The van der Waals surface area contributed by atoms with Gasteiger partial charge in [0.25, 0.3) is 0 Å². The molecule has 0 saturated heterocycles. The Kier molecular flexibility index (Phi) is 14.9. The fraction of sp³-hybridized carbons (Fsp3) is 0.708. The predicted octanol–water partition coefficient (Wildman–Crippen LogP) is 3.52. The maximum Gasteiger partial charge on any atom is 0.191 e. The number of ether oxygens (including phenoxy) is 3. The van der Waals surface area contributed by atoms with Crippen molar-refractivity contribution >= 4 is 29.9 Å². The van der Waals surface area contributed by atoms with Gasteiger partial charge in [0.15, 0.2) is 5.96 Å². The van der Waals surface area contributed by atoms with E-state index in [1.54, 1.807) is 14.2 Å². The monoisotopic (exact) mass is 562 g/mol. The molecule has 1 aromatic rings. The predicted molar refractivity (Wildman–Crippen MR) is 142 cm³/mol. The number of aliphatic imine (C=N–C) groups is 1. The molecule has 0 aromatic heterocycles. The Hall–Kier alpha value is -1.10. The van der Waals surface area contributed by atoms with Crippen LogP contribution in [0.15, 0.2) is 29.3 Å². The SMILES string of the molecule is CCNC(=NCc1cccc(OCCN(C)CCOC)c1)NCC1(CCOC)CCC1.I. The van der Waals surface area contributed by atoms with Crippen LogP contribution in [0.3, 0.4) is 0 Å². The van der Waals surface area contributed by atoms with Crippen molar-refractivity contribution in [2.45, 2.75) is 39.2 Å². The molecule has 32 heavy (non-hydrogen) atoms. The van der Waals surface area contributed by atoms with Gasteiger partial charge in [0, 0.05) is 47.0 Å². The van der Waals surface area contributed by atoms with Gasteiger partial charge in [0.2, 0.25) is 0 Å². The Morgan fingerprint density at radius 2 is 1.84 bits per heavy atom. The summed E-state index contributed by atoms with van der Waals surface area (Å²) in [6, 6.07) is 8.20. The van der Waals surface area contributed by atoms with E-state index in [0.29, 0.717) is 18.6 Å². The van der Waals surface area contributed by atoms with Gasteiger partial charge in [-0.1, -0.05) is 18.6 Å². The van der Waals surface area contributed by atoms with Gasteiger partial charge in [-0.25, -0.2) is 4.99 Å². The van der Waals surface area contributed by atoms with Gasteiger partial charge in [-0.05, 0) is 56.3 Å². The molecule has 0 bridgehead atoms. The first kappa shape index (κ1) is 28.9. The lowest BCUT2D eigenvalue weighted by molar-refractivity contribution is 0.0732. The van der Waals surface area contributed by atoms with E-state index >= 15 is 0 Å². The van der Waals surface area contributed by atoms with E-state index in [1.807, 2.05) is 12.1 Å². The van der Waals surface area contributed by atoms with Crippen LogP contribution in [0.2, 0.25) is 0 Å². The smallest absolute Gasteiger partial charge is 0.191 e. The summed E-state index contributed by atoms with van der Waals surface area (Å²) >= 11 is 0. The third-order valence-electron chi connectivity index (χ3n) is 5.96. The minimum Gasteiger partial charge on any atom is -0.492 e. The summed E-state index contributed by atoms with van der Waals surface area (Å²) in [5.74, 6) is 1.76. The molecule has 0 unspecified atom stereocenters. The van der Waals surface area contributed by atoms with Crippen LogP contribution < -0.4 is 15.4 Å². The molecule has 2 N–H and O–H groups in total. The molecule has 1 aliphatic rings. The highest BCUT2D eigenvalue weighted by atomic mass is 127. The van der Waals surface area contributed by atoms with E-state index in [2.05, 4.69) is 41.6 Å². The van der Waals surface area contributed by atoms with Crippen LogP contribution in [-0.4, -0.2) is 78.1 Å².